The molecule has 0 fully saturated rings. The van der Waals surface area contributed by atoms with Crippen LogP contribution in [0.15, 0.2) is 24.3 Å². The SMILES string of the molecule is O=C([O-])/C=C\C=C/C(=O)[O-].[Li+].[Li+]. The molecular formula is C6H4Li2O4. The number of allylic oxidation sites excluding steroid dienone is 2. The van der Waals surface area contributed by atoms with Crippen molar-refractivity contribution in [2.45, 2.75) is 0 Å². The van der Waals surface area contributed by atoms with Gasteiger partial charge in [0.15, 0.2) is 0 Å². The molecule has 0 rings (SSSR count). The summed E-state index contributed by atoms with van der Waals surface area (Å²) in [5.74, 6) is -2.74. The van der Waals surface area contributed by atoms with Gasteiger partial charge in [0.25, 0.3) is 0 Å². The van der Waals surface area contributed by atoms with Gasteiger partial charge >= 0.3 is 37.7 Å². The molecule has 0 saturated heterocycles. The summed E-state index contributed by atoms with van der Waals surface area (Å²) in [5.41, 5.74) is 0. The van der Waals surface area contributed by atoms with Crippen LogP contribution < -0.4 is 47.9 Å². The number of carbonyl (C=O) groups is 2. The van der Waals surface area contributed by atoms with Gasteiger partial charge in [-0.25, -0.2) is 0 Å². The van der Waals surface area contributed by atoms with Crippen LogP contribution in [0.2, 0.25) is 0 Å². The van der Waals surface area contributed by atoms with E-state index in [1.807, 2.05) is 0 Å². The molecule has 4 nitrogen and oxygen atoms in total. The zero-order valence-electron chi connectivity index (χ0n) is 6.94. The monoisotopic (exact) mass is 154 g/mol. The van der Waals surface area contributed by atoms with Crippen molar-refractivity contribution in [3.63, 3.8) is 0 Å². The fraction of sp³-hybridized carbons (Fsp3) is 0. The fourth-order valence-electron chi connectivity index (χ4n) is 0.268. The van der Waals surface area contributed by atoms with Crippen molar-refractivity contribution >= 4 is 11.9 Å². The van der Waals surface area contributed by atoms with E-state index in [1.165, 1.54) is 0 Å². The molecule has 0 aromatic carbocycles. The number of hydrogen-bond acceptors (Lipinski definition) is 4. The molecule has 0 radical (unpaired) electrons. The normalized spacial score (nSPS) is 9.00. The van der Waals surface area contributed by atoms with E-state index in [9.17, 15) is 19.8 Å². The maximum absolute atomic E-state index is 9.65. The predicted octanol–water partition coefficient (Wildman–Crippen LogP) is -8.39. The van der Waals surface area contributed by atoms with Gasteiger partial charge in [-0.05, 0) is 12.2 Å². The number of carboxylic acids is 2. The Morgan fingerprint density at radius 2 is 1.08 bits per heavy atom. The number of carbonyl (C=O) groups excluding carboxylic acids is 2. The summed E-state index contributed by atoms with van der Waals surface area (Å²) in [6.07, 6.45) is 3.48. The van der Waals surface area contributed by atoms with Crippen molar-refractivity contribution in [2.75, 3.05) is 0 Å². The molecule has 0 unspecified atom stereocenters. The quantitative estimate of drug-likeness (QED) is 0.229. The largest absolute Gasteiger partial charge is 1.00 e. The van der Waals surface area contributed by atoms with Crippen LogP contribution in [0.3, 0.4) is 0 Å². The maximum atomic E-state index is 9.65. The zero-order chi connectivity index (χ0) is 7.98. The number of aliphatic carboxylic acids is 2. The van der Waals surface area contributed by atoms with E-state index in [4.69, 9.17) is 0 Å². The standard InChI is InChI=1S/C6H6O4.2Li/c7-5(8)3-1-2-4-6(9)10;;/h1-4H,(H,7,8)(H,9,10);;/q;2*+1/p-2/b3-1-,4-2-;;. The molecule has 0 amide bonds. The van der Waals surface area contributed by atoms with Crippen LogP contribution in [-0.2, 0) is 9.59 Å². The van der Waals surface area contributed by atoms with Crippen molar-refractivity contribution in [1.29, 1.82) is 0 Å². The predicted molar refractivity (Wildman–Crippen MR) is 28.3 cm³/mol. The van der Waals surface area contributed by atoms with Gasteiger partial charge in [0.2, 0.25) is 0 Å². The average Bonchev–Trinajstić information content (AvgIpc) is 1.79. The van der Waals surface area contributed by atoms with Crippen molar-refractivity contribution < 1.29 is 57.5 Å². The fourth-order valence-corrected chi connectivity index (χ4v) is 0.268. The molecule has 0 aromatic heterocycles. The minimum Gasteiger partial charge on any atom is -0.545 e. The van der Waals surface area contributed by atoms with Gasteiger partial charge < -0.3 is 19.8 Å². The molecule has 0 heterocycles. The van der Waals surface area contributed by atoms with Gasteiger partial charge in [0.05, 0.1) is 11.9 Å². The first-order valence-corrected chi connectivity index (χ1v) is 2.39. The third-order valence-corrected chi connectivity index (χ3v) is 0.576. The van der Waals surface area contributed by atoms with Crippen molar-refractivity contribution in [1.82, 2.24) is 0 Å². The summed E-state index contributed by atoms with van der Waals surface area (Å²) in [6, 6.07) is 0. The van der Waals surface area contributed by atoms with Crippen LogP contribution in [0.5, 0.6) is 0 Å². The van der Waals surface area contributed by atoms with Gasteiger partial charge in [-0.3, -0.25) is 0 Å². The van der Waals surface area contributed by atoms with Crippen LogP contribution in [-0.4, -0.2) is 11.9 Å². The molecule has 0 saturated carbocycles. The Balaban J connectivity index is -0.000000405. The van der Waals surface area contributed by atoms with Crippen LogP contribution in [0.4, 0.5) is 0 Å². The van der Waals surface area contributed by atoms with Gasteiger partial charge in [-0.15, -0.1) is 0 Å². The van der Waals surface area contributed by atoms with Crippen LogP contribution in [0.25, 0.3) is 0 Å². The van der Waals surface area contributed by atoms with Crippen LogP contribution in [0.1, 0.15) is 0 Å². The Morgan fingerprint density at radius 3 is 1.25 bits per heavy atom. The van der Waals surface area contributed by atoms with E-state index in [1.54, 1.807) is 0 Å². The Hall–Kier alpha value is -0.385. The maximum Gasteiger partial charge on any atom is 1.00 e. The van der Waals surface area contributed by atoms with Crippen LogP contribution >= 0.6 is 0 Å². The van der Waals surface area contributed by atoms with E-state index < -0.39 is 11.9 Å². The van der Waals surface area contributed by atoms with Crippen molar-refractivity contribution in [3.05, 3.63) is 24.3 Å². The first-order chi connectivity index (χ1) is 4.63. The third-order valence-electron chi connectivity index (χ3n) is 0.576. The first kappa shape index (κ1) is 17.6. The summed E-state index contributed by atoms with van der Waals surface area (Å²) < 4.78 is 0. The molecular weight excluding hydrogens is 150 g/mol. The average molecular weight is 154 g/mol. The van der Waals surface area contributed by atoms with E-state index >= 15 is 0 Å². The Morgan fingerprint density at radius 1 is 0.833 bits per heavy atom. The summed E-state index contributed by atoms with van der Waals surface area (Å²) >= 11 is 0. The number of carboxylic acid groups (broad SMARTS) is 2. The van der Waals surface area contributed by atoms with Gasteiger partial charge in [0.1, 0.15) is 0 Å². The van der Waals surface area contributed by atoms with Crippen LogP contribution in [0, 0.1) is 0 Å². The number of hydrogen-bond donors (Lipinski definition) is 0. The number of rotatable bonds is 3. The minimum atomic E-state index is -1.37. The molecule has 0 aromatic rings. The van der Waals surface area contributed by atoms with E-state index in [0.717, 1.165) is 12.2 Å². The Bertz CT molecular complexity index is 176. The van der Waals surface area contributed by atoms with Crippen molar-refractivity contribution in [3.8, 4) is 0 Å². The molecule has 0 aliphatic heterocycles. The molecule has 0 bridgehead atoms. The molecule has 0 aliphatic rings. The topological polar surface area (TPSA) is 80.3 Å². The zero-order valence-corrected chi connectivity index (χ0v) is 6.94. The Kier molecular flexibility index (Phi) is 15.6. The van der Waals surface area contributed by atoms with Gasteiger partial charge in [-0.1, -0.05) is 12.2 Å². The van der Waals surface area contributed by atoms with Gasteiger partial charge in [-0.2, -0.15) is 0 Å². The minimum absolute atomic E-state index is 0. The molecule has 0 atom stereocenters. The summed E-state index contributed by atoms with van der Waals surface area (Å²) in [5, 5.41) is 19.3. The second-order valence-electron chi connectivity index (χ2n) is 1.36. The summed E-state index contributed by atoms with van der Waals surface area (Å²) in [6.45, 7) is 0. The molecule has 6 heteroatoms. The second kappa shape index (κ2) is 10.6. The van der Waals surface area contributed by atoms with E-state index in [0.29, 0.717) is 12.2 Å². The molecule has 54 valence electrons. The van der Waals surface area contributed by atoms with E-state index in [-0.39, 0.29) is 37.7 Å². The molecule has 0 N–H and O–H groups in total. The van der Waals surface area contributed by atoms with Crippen molar-refractivity contribution in [2.24, 2.45) is 0 Å². The summed E-state index contributed by atoms with van der Waals surface area (Å²) in [4.78, 5) is 19.3. The molecule has 12 heavy (non-hydrogen) atoms. The summed E-state index contributed by atoms with van der Waals surface area (Å²) in [7, 11) is 0. The second-order valence-corrected chi connectivity index (χ2v) is 1.36. The molecule has 0 spiro atoms. The van der Waals surface area contributed by atoms with E-state index in [2.05, 4.69) is 0 Å². The first-order valence-electron chi connectivity index (χ1n) is 2.39. The molecule has 0 aliphatic carbocycles. The van der Waals surface area contributed by atoms with Gasteiger partial charge in [0, 0.05) is 0 Å². The smallest absolute Gasteiger partial charge is 0.545 e. The Labute approximate surface area is 93.7 Å². The third kappa shape index (κ3) is 16.3.